The fourth-order valence-corrected chi connectivity index (χ4v) is 1.69. The molecule has 0 radical (unpaired) electrons. The van der Waals surface area contributed by atoms with Crippen molar-refractivity contribution in [1.29, 1.82) is 10.5 Å². The summed E-state index contributed by atoms with van der Waals surface area (Å²) in [5.74, 6) is -0.813. The fraction of sp³-hybridized carbons (Fsp3) is 0.333. The Labute approximate surface area is 112 Å². The Balaban J connectivity index is 3.11. The molecule has 0 heterocycles. The van der Waals surface area contributed by atoms with E-state index in [0.717, 1.165) is 0 Å². The summed E-state index contributed by atoms with van der Waals surface area (Å²) in [5.41, 5.74) is 0.339. The Morgan fingerprint density at radius 2 is 1.74 bits per heavy atom. The van der Waals surface area contributed by atoms with Crippen LogP contribution in [-0.2, 0) is 4.79 Å². The molecule has 1 rings (SSSR count). The normalized spacial score (nSPS) is 11.2. The van der Waals surface area contributed by atoms with Crippen LogP contribution in [0.5, 0.6) is 0 Å². The highest BCUT2D eigenvalue weighted by atomic mass is 16.1. The molecule has 0 bridgehead atoms. The van der Waals surface area contributed by atoms with Crippen LogP contribution in [0.3, 0.4) is 0 Å². The van der Waals surface area contributed by atoms with Gasteiger partial charge in [-0.25, -0.2) is 0 Å². The SMILES string of the molecule is CCC(C)C(=O)CC(=O)c1c(C#N)cccc1C#N. The number of Topliss-reactive ketones (excluding diaryl/α,β-unsaturated/α-hetero) is 2. The molecule has 0 saturated heterocycles. The molecule has 1 aromatic carbocycles. The van der Waals surface area contributed by atoms with Gasteiger partial charge in [0.15, 0.2) is 5.78 Å². The molecule has 19 heavy (non-hydrogen) atoms. The smallest absolute Gasteiger partial charge is 0.172 e. The number of hydrogen-bond donors (Lipinski definition) is 0. The molecule has 1 atom stereocenters. The first-order chi connectivity index (χ1) is 9.04. The number of ketones is 2. The minimum absolute atomic E-state index is 0.0594. The summed E-state index contributed by atoms with van der Waals surface area (Å²) in [5, 5.41) is 18.0. The maximum Gasteiger partial charge on any atom is 0.172 e. The van der Waals surface area contributed by atoms with Gasteiger partial charge in [0.05, 0.1) is 35.2 Å². The lowest BCUT2D eigenvalue weighted by Crippen LogP contribution is -2.16. The molecule has 0 amide bonds. The van der Waals surface area contributed by atoms with Crippen molar-refractivity contribution >= 4 is 11.6 Å². The van der Waals surface area contributed by atoms with Gasteiger partial charge in [0, 0.05) is 5.92 Å². The van der Waals surface area contributed by atoms with E-state index in [-0.39, 0.29) is 34.8 Å². The van der Waals surface area contributed by atoms with Gasteiger partial charge in [-0.2, -0.15) is 10.5 Å². The molecule has 0 N–H and O–H groups in total. The molecule has 0 aliphatic heterocycles. The summed E-state index contributed by atoms with van der Waals surface area (Å²) in [6.07, 6.45) is 0.402. The van der Waals surface area contributed by atoms with Crippen molar-refractivity contribution < 1.29 is 9.59 Å². The summed E-state index contributed by atoms with van der Waals surface area (Å²) in [6, 6.07) is 8.26. The van der Waals surface area contributed by atoms with Gasteiger partial charge in [-0.3, -0.25) is 9.59 Å². The Kier molecular flexibility index (Phi) is 4.97. The number of rotatable bonds is 5. The van der Waals surface area contributed by atoms with Gasteiger partial charge < -0.3 is 0 Å². The second-order valence-corrected chi connectivity index (χ2v) is 4.33. The second kappa shape index (κ2) is 6.47. The predicted molar refractivity (Wildman–Crippen MR) is 69.3 cm³/mol. The molecule has 1 aromatic rings. The third-order valence-electron chi connectivity index (χ3n) is 3.08. The minimum Gasteiger partial charge on any atom is -0.299 e. The molecule has 0 aliphatic carbocycles. The Morgan fingerprint density at radius 1 is 1.21 bits per heavy atom. The second-order valence-electron chi connectivity index (χ2n) is 4.33. The van der Waals surface area contributed by atoms with Crippen LogP contribution in [0.2, 0.25) is 0 Å². The number of carbonyl (C=O) groups is 2. The van der Waals surface area contributed by atoms with Crippen LogP contribution >= 0.6 is 0 Å². The van der Waals surface area contributed by atoms with Gasteiger partial charge in [0.2, 0.25) is 0 Å². The van der Waals surface area contributed by atoms with Crippen LogP contribution in [0, 0.1) is 28.6 Å². The Morgan fingerprint density at radius 3 is 2.16 bits per heavy atom. The van der Waals surface area contributed by atoms with Gasteiger partial charge in [0.1, 0.15) is 5.78 Å². The first-order valence-electron chi connectivity index (χ1n) is 6.04. The van der Waals surface area contributed by atoms with E-state index < -0.39 is 5.78 Å². The maximum atomic E-state index is 12.1. The van der Waals surface area contributed by atoms with E-state index in [1.54, 1.807) is 13.0 Å². The quantitative estimate of drug-likeness (QED) is 0.597. The van der Waals surface area contributed by atoms with Crippen molar-refractivity contribution in [3.8, 4) is 12.1 Å². The standard InChI is InChI=1S/C15H14N2O2/c1-3-10(2)13(18)7-14(19)15-11(8-16)5-4-6-12(15)9-17/h4-6,10H,3,7H2,1-2H3. The van der Waals surface area contributed by atoms with Crippen LogP contribution in [-0.4, -0.2) is 11.6 Å². The molecule has 0 aromatic heterocycles. The maximum absolute atomic E-state index is 12.1. The van der Waals surface area contributed by atoms with Gasteiger partial charge in [-0.1, -0.05) is 19.9 Å². The van der Waals surface area contributed by atoms with Gasteiger partial charge in [0.25, 0.3) is 0 Å². The molecule has 0 saturated carbocycles. The van der Waals surface area contributed by atoms with E-state index >= 15 is 0 Å². The van der Waals surface area contributed by atoms with Gasteiger partial charge in [-0.05, 0) is 18.6 Å². The highest BCUT2D eigenvalue weighted by molar-refractivity contribution is 6.10. The molecule has 1 unspecified atom stereocenters. The van der Waals surface area contributed by atoms with Gasteiger partial charge in [-0.15, -0.1) is 0 Å². The zero-order chi connectivity index (χ0) is 14.4. The molecule has 0 spiro atoms. The molecule has 96 valence electrons. The molecular weight excluding hydrogens is 240 g/mol. The summed E-state index contributed by atoms with van der Waals surface area (Å²) in [7, 11) is 0. The van der Waals surface area contributed by atoms with E-state index in [1.807, 2.05) is 19.1 Å². The van der Waals surface area contributed by atoms with Gasteiger partial charge >= 0.3 is 0 Å². The van der Waals surface area contributed by atoms with Crippen LogP contribution in [0.25, 0.3) is 0 Å². The topological polar surface area (TPSA) is 81.7 Å². The third kappa shape index (κ3) is 3.26. The zero-order valence-electron chi connectivity index (χ0n) is 10.9. The molecule has 4 nitrogen and oxygen atoms in total. The summed E-state index contributed by atoms with van der Waals surface area (Å²) in [6.45, 7) is 3.63. The van der Waals surface area contributed by atoms with E-state index in [0.29, 0.717) is 6.42 Å². The number of nitriles is 2. The highest BCUT2D eigenvalue weighted by Crippen LogP contribution is 2.17. The van der Waals surface area contributed by atoms with Crippen molar-refractivity contribution in [2.24, 2.45) is 5.92 Å². The molecule has 0 aliphatic rings. The minimum atomic E-state index is -0.459. The molecular formula is C15H14N2O2. The van der Waals surface area contributed by atoms with Crippen molar-refractivity contribution in [3.05, 3.63) is 34.9 Å². The third-order valence-corrected chi connectivity index (χ3v) is 3.08. The van der Waals surface area contributed by atoms with Crippen LogP contribution in [0.15, 0.2) is 18.2 Å². The lowest BCUT2D eigenvalue weighted by Gasteiger charge is -2.08. The summed E-state index contributed by atoms with van der Waals surface area (Å²) >= 11 is 0. The van der Waals surface area contributed by atoms with Crippen molar-refractivity contribution in [2.75, 3.05) is 0 Å². The monoisotopic (exact) mass is 254 g/mol. The first kappa shape index (κ1) is 14.6. The first-order valence-corrected chi connectivity index (χ1v) is 6.04. The number of nitrogens with zero attached hydrogens (tertiary/aromatic N) is 2. The van der Waals surface area contributed by atoms with Crippen molar-refractivity contribution in [3.63, 3.8) is 0 Å². The van der Waals surface area contributed by atoms with E-state index in [4.69, 9.17) is 10.5 Å². The number of benzene rings is 1. The average molecular weight is 254 g/mol. The van der Waals surface area contributed by atoms with E-state index in [1.165, 1.54) is 12.1 Å². The summed E-state index contributed by atoms with van der Waals surface area (Å²) in [4.78, 5) is 23.9. The Hall–Kier alpha value is -2.46. The van der Waals surface area contributed by atoms with Crippen LogP contribution in [0.4, 0.5) is 0 Å². The lowest BCUT2D eigenvalue weighted by molar-refractivity contribution is -0.121. The van der Waals surface area contributed by atoms with Crippen LogP contribution in [0.1, 0.15) is 48.2 Å². The number of carbonyl (C=O) groups excluding carboxylic acids is 2. The van der Waals surface area contributed by atoms with E-state index in [2.05, 4.69) is 0 Å². The summed E-state index contributed by atoms with van der Waals surface area (Å²) < 4.78 is 0. The highest BCUT2D eigenvalue weighted by Gasteiger charge is 2.21. The molecule has 4 heteroatoms. The lowest BCUT2D eigenvalue weighted by atomic mass is 9.92. The number of hydrogen-bond acceptors (Lipinski definition) is 4. The van der Waals surface area contributed by atoms with Crippen molar-refractivity contribution in [2.45, 2.75) is 26.7 Å². The Bertz CT molecular complexity index is 559. The zero-order valence-corrected chi connectivity index (χ0v) is 10.9. The van der Waals surface area contributed by atoms with Crippen LogP contribution < -0.4 is 0 Å². The predicted octanol–water partition coefficient (Wildman–Crippen LogP) is 2.62. The average Bonchev–Trinajstić information content (AvgIpc) is 2.44. The van der Waals surface area contributed by atoms with E-state index in [9.17, 15) is 9.59 Å². The fourth-order valence-electron chi connectivity index (χ4n) is 1.69. The van der Waals surface area contributed by atoms with Crippen molar-refractivity contribution in [1.82, 2.24) is 0 Å². The molecule has 0 fully saturated rings. The largest absolute Gasteiger partial charge is 0.299 e.